The molecule has 0 aliphatic heterocycles. The summed E-state index contributed by atoms with van der Waals surface area (Å²) in [4.78, 5) is 3.80. The lowest BCUT2D eigenvalue weighted by Crippen LogP contribution is -2.21. The van der Waals surface area contributed by atoms with Crippen LogP contribution in [0, 0.1) is 0 Å². The number of nitrogens with zero attached hydrogens (tertiary/aromatic N) is 1. The molecule has 0 amide bonds. The summed E-state index contributed by atoms with van der Waals surface area (Å²) < 4.78 is 27.0. The van der Waals surface area contributed by atoms with Crippen molar-refractivity contribution in [3.63, 3.8) is 0 Å². The number of benzene rings is 1. The molecule has 3 N–H and O–H groups in total. The molecule has 0 atom stereocenters. The lowest BCUT2D eigenvalue weighted by Gasteiger charge is -2.10. The number of pyridine rings is 1. The van der Waals surface area contributed by atoms with Crippen LogP contribution in [0.15, 0.2) is 53.6 Å². The summed E-state index contributed by atoms with van der Waals surface area (Å²) in [6, 6.07) is 11.5. The lowest BCUT2D eigenvalue weighted by atomic mass is 10.3. The Labute approximate surface area is 116 Å². The zero-order chi connectivity index (χ0) is 13.9. The zero-order valence-corrected chi connectivity index (χ0v) is 11.4. The van der Waals surface area contributed by atoms with E-state index in [4.69, 9.17) is 18.0 Å². The van der Waals surface area contributed by atoms with Gasteiger partial charge in [-0.2, -0.15) is 0 Å². The maximum Gasteiger partial charge on any atom is 0.264 e. The van der Waals surface area contributed by atoms with E-state index in [2.05, 4.69) is 9.71 Å². The largest absolute Gasteiger partial charge is 0.388 e. The first kappa shape index (κ1) is 13.4. The Balaban J connectivity index is 2.43. The van der Waals surface area contributed by atoms with Crippen molar-refractivity contribution in [2.75, 3.05) is 4.72 Å². The first-order valence-corrected chi connectivity index (χ1v) is 7.22. The first-order valence-electron chi connectivity index (χ1n) is 5.33. The maximum atomic E-state index is 12.3. The highest BCUT2D eigenvalue weighted by Gasteiger charge is 2.20. The van der Waals surface area contributed by atoms with E-state index >= 15 is 0 Å². The Morgan fingerprint density at radius 3 is 2.47 bits per heavy atom. The van der Waals surface area contributed by atoms with Crippen LogP contribution in [-0.4, -0.2) is 18.4 Å². The Bertz CT molecular complexity index is 700. The van der Waals surface area contributed by atoms with Gasteiger partial charge >= 0.3 is 0 Å². The molecule has 0 saturated heterocycles. The van der Waals surface area contributed by atoms with Crippen molar-refractivity contribution in [2.45, 2.75) is 4.90 Å². The fraction of sp³-hybridized carbons (Fsp3) is 0. The number of nitrogens with one attached hydrogen (secondary N) is 1. The van der Waals surface area contributed by atoms with Gasteiger partial charge in [-0.3, -0.25) is 9.71 Å². The molecule has 98 valence electrons. The molecule has 0 saturated carbocycles. The second kappa shape index (κ2) is 5.33. The third kappa shape index (κ3) is 3.07. The van der Waals surface area contributed by atoms with Crippen LogP contribution in [0.4, 0.5) is 5.69 Å². The van der Waals surface area contributed by atoms with Crippen LogP contribution in [0.3, 0.4) is 0 Å². The topological polar surface area (TPSA) is 85.1 Å². The molecule has 2 aromatic rings. The van der Waals surface area contributed by atoms with Gasteiger partial charge in [0.05, 0.1) is 0 Å². The molecule has 19 heavy (non-hydrogen) atoms. The van der Waals surface area contributed by atoms with Gasteiger partial charge in [-0.05, 0) is 24.3 Å². The SMILES string of the molecule is NC(=S)c1ncccc1S(=O)(=O)Nc1ccccc1. The molecule has 2 rings (SSSR count). The number of hydrogen-bond donors (Lipinski definition) is 2. The molecule has 5 nitrogen and oxygen atoms in total. The fourth-order valence-electron chi connectivity index (χ4n) is 1.51. The van der Waals surface area contributed by atoms with E-state index in [0.717, 1.165) is 0 Å². The number of thiocarbonyl (C=S) groups is 1. The number of rotatable bonds is 4. The highest BCUT2D eigenvalue weighted by molar-refractivity contribution is 7.93. The van der Waals surface area contributed by atoms with Gasteiger partial charge in [0.15, 0.2) is 0 Å². The van der Waals surface area contributed by atoms with Crippen LogP contribution in [0.5, 0.6) is 0 Å². The van der Waals surface area contributed by atoms with Gasteiger partial charge in [-0.15, -0.1) is 0 Å². The molecule has 0 radical (unpaired) electrons. The van der Waals surface area contributed by atoms with Crippen LogP contribution < -0.4 is 10.5 Å². The molecule has 1 aromatic carbocycles. The molecular weight excluding hydrogens is 282 g/mol. The Morgan fingerprint density at radius 2 is 1.84 bits per heavy atom. The molecular formula is C12H11N3O2S2. The van der Waals surface area contributed by atoms with Crippen LogP contribution in [-0.2, 0) is 10.0 Å². The number of anilines is 1. The van der Waals surface area contributed by atoms with E-state index in [-0.39, 0.29) is 15.6 Å². The summed E-state index contributed by atoms with van der Waals surface area (Å²) in [5.41, 5.74) is 6.02. The number of para-hydroxylation sites is 1. The smallest absolute Gasteiger partial charge is 0.264 e. The van der Waals surface area contributed by atoms with Crippen molar-refractivity contribution in [1.82, 2.24) is 4.98 Å². The molecule has 0 fully saturated rings. The predicted octanol–water partition coefficient (Wildman–Crippen LogP) is 1.52. The van der Waals surface area contributed by atoms with Gasteiger partial charge in [0.25, 0.3) is 10.0 Å². The predicted molar refractivity (Wildman–Crippen MR) is 77.4 cm³/mol. The quantitative estimate of drug-likeness (QED) is 0.835. The van der Waals surface area contributed by atoms with Crippen LogP contribution in [0.25, 0.3) is 0 Å². The number of sulfonamides is 1. The minimum atomic E-state index is -3.77. The Hall–Kier alpha value is -1.99. The molecule has 1 heterocycles. The molecule has 0 spiro atoms. The van der Waals surface area contributed by atoms with Gasteiger partial charge in [0, 0.05) is 11.9 Å². The van der Waals surface area contributed by atoms with E-state index in [1.54, 1.807) is 30.3 Å². The standard InChI is InChI=1S/C12H11N3O2S2/c13-12(18)11-10(7-4-8-14-11)19(16,17)15-9-5-2-1-3-6-9/h1-8,15H,(H2,13,18). The highest BCUT2D eigenvalue weighted by atomic mass is 32.2. The van der Waals surface area contributed by atoms with Crippen molar-refractivity contribution in [1.29, 1.82) is 0 Å². The number of nitrogens with two attached hydrogens (primary N) is 1. The summed E-state index contributed by atoms with van der Waals surface area (Å²) >= 11 is 4.81. The maximum absolute atomic E-state index is 12.3. The minimum absolute atomic E-state index is 0.0358. The summed E-state index contributed by atoms with van der Waals surface area (Å²) in [7, 11) is -3.77. The summed E-state index contributed by atoms with van der Waals surface area (Å²) in [5.74, 6) is 0. The average Bonchev–Trinajstić information content (AvgIpc) is 2.39. The third-order valence-electron chi connectivity index (χ3n) is 2.32. The minimum Gasteiger partial charge on any atom is -0.388 e. The van der Waals surface area contributed by atoms with E-state index in [1.807, 2.05) is 0 Å². The molecule has 0 aliphatic rings. The van der Waals surface area contributed by atoms with Gasteiger partial charge in [0.1, 0.15) is 15.6 Å². The molecule has 0 unspecified atom stereocenters. The molecule has 1 aromatic heterocycles. The lowest BCUT2D eigenvalue weighted by molar-refractivity contribution is 0.600. The van der Waals surface area contributed by atoms with Gasteiger partial charge in [0.2, 0.25) is 0 Å². The third-order valence-corrected chi connectivity index (χ3v) is 3.93. The van der Waals surface area contributed by atoms with Crippen LogP contribution >= 0.6 is 12.2 Å². The normalized spacial score (nSPS) is 10.9. The van der Waals surface area contributed by atoms with Gasteiger partial charge in [-0.25, -0.2) is 8.42 Å². The van der Waals surface area contributed by atoms with Gasteiger partial charge in [-0.1, -0.05) is 30.4 Å². The van der Waals surface area contributed by atoms with Crippen LogP contribution in [0.1, 0.15) is 5.69 Å². The van der Waals surface area contributed by atoms with Crippen molar-refractivity contribution < 1.29 is 8.42 Å². The van der Waals surface area contributed by atoms with Crippen molar-refractivity contribution >= 4 is 32.9 Å². The van der Waals surface area contributed by atoms with E-state index in [0.29, 0.717) is 5.69 Å². The Kier molecular flexibility index (Phi) is 3.77. The number of aromatic nitrogens is 1. The summed E-state index contributed by atoms with van der Waals surface area (Å²) in [5, 5.41) is 0. The van der Waals surface area contributed by atoms with Gasteiger partial charge < -0.3 is 5.73 Å². The van der Waals surface area contributed by atoms with Crippen molar-refractivity contribution in [3.05, 3.63) is 54.4 Å². The zero-order valence-electron chi connectivity index (χ0n) is 9.78. The second-order valence-corrected chi connectivity index (χ2v) is 5.78. The Morgan fingerprint density at radius 1 is 1.16 bits per heavy atom. The van der Waals surface area contributed by atoms with Crippen molar-refractivity contribution in [2.24, 2.45) is 5.73 Å². The highest BCUT2D eigenvalue weighted by Crippen LogP contribution is 2.17. The van der Waals surface area contributed by atoms with Crippen LogP contribution in [0.2, 0.25) is 0 Å². The average molecular weight is 293 g/mol. The first-order chi connectivity index (χ1) is 9.00. The van der Waals surface area contributed by atoms with E-state index in [1.165, 1.54) is 18.3 Å². The fourth-order valence-corrected chi connectivity index (χ4v) is 2.97. The monoisotopic (exact) mass is 293 g/mol. The molecule has 7 heteroatoms. The van der Waals surface area contributed by atoms with E-state index < -0.39 is 10.0 Å². The second-order valence-electron chi connectivity index (χ2n) is 3.69. The summed E-state index contributed by atoms with van der Waals surface area (Å²) in [6.07, 6.45) is 1.44. The molecule has 0 bridgehead atoms. The number of hydrogen-bond acceptors (Lipinski definition) is 4. The van der Waals surface area contributed by atoms with E-state index in [9.17, 15) is 8.42 Å². The molecule has 0 aliphatic carbocycles. The van der Waals surface area contributed by atoms with Crippen molar-refractivity contribution in [3.8, 4) is 0 Å². The summed E-state index contributed by atoms with van der Waals surface area (Å²) in [6.45, 7) is 0.